The van der Waals surface area contributed by atoms with Crippen LogP contribution in [0.5, 0.6) is 5.75 Å². The van der Waals surface area contributed by atoms with Gasteiger partial charge in [-0.25, -0.2) is 0 Å². The first-order chi connectivity index (χ1) is 13.2. The lowest BCUT2D eigenvalue weighted by atomic mass is 10.1. The molecule has 0 aliphatic carbocycles. The third-order valence-electron chi connectivity index (χ3n) is 4.19. The van der Waals surface area contributed by atoms with Crippen LogP contribution in [0.2, 0.25) is 0 Å². The fourth-order valence-corrected chi connectivity index (χ4v) is 2.64. The second-order valence-electron chi connectivity index (χ2n) is 6.03. The van der Waals surface area contributed by atoms with E-state index in [2.05, 4.69) is 21.6 Å². The van der Waals surface area contributed by atoms with Gasteiger partial charge in [-0.05, 0) is 48.4 Å². The average molecular weight is 362 g/mol. The Bertz CT molecular complexity index is 882. The second-order valence-corrected chi connectivity index (χ2v) is 6.03. The summed E-state index contributed by atoms with van der Waals surface area (Å²) in [6.45, 7) is 0.707. The van der Waals surface area contributed by atoms with Gasteiger partial charge in [0.1, 0.15) is 11.6 Å². The van der Waals surface area contributed by atoms with Crippen molar-refractivity contribution in [3.8, 4) is 5.75 Å². The number of carbonyl (C=O) groups is 1. The van der Waals surface area contributed by atoms with Crippen LogP contribution in [0.15, 0.2) is 66.7 Å². The number of hydrogen-bond acceptors (Lipinski definition) is 5. The van der Waals surface area contributed by atoms with Crippen molar-refractivity contribution in [3.05, 3.63) is 78.0 Å². The first-order valence-corrected chi connectivity index (χ1v) is 8.71. The molecule has 0 atom stereocenters. The Balaban J connectivity index is 1.56. The van der Waals surface area contributed by atoms with Gasteiger partial charge in [0, 0.05) is 19.3 Å². The van der Waals surface area contributed by atoms with E-state index in [1.807, 2.05) is 48.5 Å². The molecule has 27 heavy (non-hydrogen) atoms. The van der Waals surface area contributed by atoms with Gasteiger partial charge in [0.2, 0.25) is 0 Å². The molecular weight excluding hydrogens is 340 g/mol. The quantitative estimate of drug-likeness (QED) is 0.698. The Morgan fingerprint density at radius 2 is 1.85 bits per heavy atom. The van der Waals surface area contributed by atoms with Crippen LogP contribution in [-0.2, 0) is 6.42 Å². The molecule has 1 heterocycles. The zero-order valence-corrected chi connectivity index (χ0v) is 15.4. The van der Waals surface area contributed by atoms with Gasteiger partial charge < -0.3 is 15.0 Å². The number of carbonyl (C=O) groups excluding carboxylic acids is 1. The number of methoxy groups -OCH3 is 1. The molecular formula is C21H22N4O2. The number of nitrogens with zero attached hydrogens (tertiary/aromatic N) is 3. The maximum Gasteiger partial charge on any atom is 0.278 e. The summed E-state index contributed by atoms with van der Waals surface area (Å²) in [6.07, 6.45) is 0.830. The SMILES string of the molecule is COc1cccc(CCNc2ccc(C(=O)N(C)c3ccccc3)nn2)c1. The van der Waals surface area contributed by atoms with E-state index in [1.165, 1.54) is 5.56 Å². The van der Waals surface area contributed by atoms with Crippen molar-refractivity contribution in [2.45, 2.75) is 6.42 Å². The van der Waals surface area contributed by atoms with Crippen LogP contribution < -0.4 is 15.0 Å². The van der Waals surface area contributed by atoms with Crippen LogP contribution in [0.25, 0.3) is 0 Å². The van der Waals surface area contributed by atoms with E-state index in [4.69, 9.17) is 4.74 Å². The minimum absolute atomic E-state index is 0.198. The molecule has 3 aromatic rings. The van der Waals surface area contributed by atoms with Crippen molar-refractivity contribution in [2.75, 3.05) is 30.9 Å². The van der Waals surface area contributed by atoms with Crippen LogP contribution in [0.4, 0.5) is 11.5 Å². The van der Waals surface area contributed by atoms with Crippen LogP contribution >= 0.6 is 0 Å². The van der Waals surface area contributed by atoms with Gasteiger partial charge in [0.05, 0.1) is 7.11 Å². The molecule has 138 valence electrons. The summed E-state index contributed by atoms with van der Waals surface area (Å²) < 4.78 is 5.23. The lowest BCUT2D eigenvalue weighted by Gasteiger charge is -2.16. The van der Waals surface area contributed by atoms with Crippen LogP contribution in [0.1, 0.15) is 16.1 Å². The third-order valence-corrected chi connectivity index (χ3v) is 4.19. The Morgan fingerprint density at radius 3 is 2.56 bits per heavy atom. The summed E-state index contributed by atoms with van der Waals surface area (Å²) in [6, 6.07) is 20.8. The van der Waals surface area contributed by atoms with E-state index >= 15 is 0 Å². The Labute approximate surface area is 158 Å². The van der Waals surface area contributed by atoms with Gasteiger partial charge in [-0.1, -0.05) is 30.3 Å². The van der Waals surface area contributed by atoms with Crippen molar-refractivity contribution in [3.63, 3.8) is 0 Å². The lowest BCUT2D eigenvalue weighted by molar-refractivity contribution is 0.0987. The van der Waals surface area contributed by atoms with Crippen LogP contribution in [0.3, 0.4) is 0 Å². The van der Waals surface area contributed by atoms with Crippen LogP contribution in [0, 0.1) is 0 Å². The highest BCUT2D eigenvalue weighted by molar-refractivity contribution is 6.04. The highest BCUT2D eigenvalue weighted by atomic mass is 16.5. The van der Waals surface area contributed by atoms with E-state index in [0.717, 1.165) is 17.9 Å². The summed E-state index contributed by atoms with van der Waals surface area (Å²) >= 11 is 0. The molecule has 1 amide bonds. The lowest BCUT2D eigenvalue weighted by Crippen LogP contribution is -2.27. The second kappa shape index (κ2) is 8.80. The van der Waals surface area contributed by atoms with E-state index in [-0.39, 0.29) is 5.91 Å². The Hall–Kier alpha value is -3.41. The molecule has 0 unspecified atom stereocenters. The topological polar surface area (TPSA) is 67.3 Å². The molecule has 0 spiro atoms. The van der Waals surface area contributed by atoms with Crippen molar-refractivity contribution in [2.24, 2.45) is 0 Å². The molecule has 6 nitrogen and oxygen atoms in total. The normalized spacial score (nSPS) is 10.3. The molecule has 3 rings (SSSR count). The molecule has 0 aliphatic heterocycles. The Morgan fingerprint density at radius 1 is 1.04 bits per heavy atom. The molecule has 0 aliphatic rings. The molecule has 0 radical (unpaired) electrons. The minimum Gasteiger partial charge on any atom is -0.497 e. The van der Waals surface area contributed by atoms with E-state index in [9.17, 15) is 4.79 Å². The molecule has 1 aromatic heterocycles. The molecule has 0 saturated carbocycles. The summed E-state index contributed by atoms with van der Waals surface area (Å²) in [5.41, 5.74) is 2.29. The predicted molar refractivity (Wildman–Crippen MR) is 106 cm³/mol. The van der Waals surface area contributed by atoms with Gasteiger partial charge >= 0.3 is 0 Å². The summed E-state index contributed by atoms with van der Waals surface area (Å²) in [5.74, 6) is 1.28. The maximum atomic E-state index is 12.5. The number of ether oxygens (including phenoxy) is 1. The first-order valence-electron chi connectivity index (χ1n) is 8.71. The summed E-state index contributed by atoms with van der Waals surface area (Å²) in [7, 11) is 3.38. The summed E-state index contributed by atoms with van der Waals surface area (Å²) in [4.78, 5) is 14.1. The number of para-hydroxylation sites is 1. The number of rotatable bonds is 7. The highest BCUT2D eigenvalue weighted by Gasteiger charge is 2.15. The smallest absolute Gasteiger partial charge is 0.278 e. The molecule has 1 N–H and O–H groups in total. The van der Waals surface area contributed by atoms with Crippen molar-refractivity contribution >= 4 is 17.4 Å². The maximum absolute atomic E-state index is 12.5. The number of benzene rings is 2. The molecule has 6 heteroatoms. The standard InChI is InChI=1S/C21H22N4O2/c1-25(17-8-4-3-5-9-17)21(26)19-11-12-20(24-23-19)22-14-13-16-7-6-10-18(15-16)27-2/h3-12,15H,13-14H2,1-2H3,(H,22,24). The molecule has 0 saturated heterocycles. The third kappa shape index (κ3) is 4.82. The molecule has 0 fully saturated rings. The Kier molecular flexibility index (Phi) is 5.99. The highest BCUT2D eigenvalue weighted by Crippen LogP contribution is 2.15. The van der Waals surface area contributed by atoms with E-state index < -0.39 is 0 Å². The van der Waals surface area contributed by atoms with Gasteiger partial charge in [0.15, 0.2) is 5.69 Å². The average Bonchev–Trinajstić information content (AvgIpc) is 2.74. The summed E-state index contributed by atoms with van der Waals surface area (Å²) in [5, 5.41) is 11.4. The molecule has 2 aromatic carbocycles. The van der Waals surface area contributed by atoms with Gasteiger partial charge in [-0.15, -0.1) is 10.2 Å². The number of anilines is 2. The van der Waals surface area contributed by atoms with Crippen molar-refractivity contribution < 1.29 is 9.53 Å². The fourth-order valence-electron chi connectivity index (χ4n) is 2.64. The van der Waals surface area contributed by atoms with E-state index in [0.29, 0.717) is 18.1 Å². The molecule has 0 bridgehead atoms. The van der Waals surface area contributed by atoms with Gasteiger partial charge in [-0.2, -0.15) is 0 Å². The van der Waals surface area contributed by atoms with Crippen molar-refractivity contribution in [1.29, 1.82) is 0 Å². The van der Waals surface area contributed by atoms with Gasteiger partial charge in [0.25, 0.3) is 5.91 Å². The van der Waals surface area contributed by atoms with Crippen LogP contribution in [-0.4, -0.2) is 36.8 Å². The van der Waals surface area contributed by atoms with Crippen molar-refractivity contribution in [1.82, 2.24) is 10.2 Å². The van der Waals surface area contributed by atoms with E-state index in [1.54, 1.807) is 31.2 Å². The predicted octanol–water partition coefficient (Wildman–Crippen LogP) is 3.42. The number of hydrogen-bond donors (Lipinski definition) is 1. The first kappa shape index (κ1) is 18.4. The monoisotopic (exact) mass is 362 g/mol. The number of nitrogens with one attached hydrogen (secondary N) is 1. The zero-order chi connectivity index (χ0) is 19.1. The number of aromatic nitrogens is 2. The minimum atomic E-state index is -0.198. The largest absolute Gasteiger partial charge is 0.497 e. The zero-order valence-electron chi connectivity index (χ0n) is 15.4. The number of amides is 1. The van der Waals surface area contributed by atoms with Gasteiger partial charge in [-0.3, -0.25) is 4.79 Å². The fraction of sp³-hybridized carbons (Fsp3) is 0.190.